The van der Waals surface area contributed by atoms with Crippen molar-refractivity contribution in [2.24, 2.45) is 29.6 Å². The van der Waals surface area contributed by atoms with Crippen molar-refractivity contribution in [3.63, 3.8) is 0 Å². The molecule has 0 aromatic rings. The largest absolute Gasteiger partial charge is 0.381 e. The lowest BCUT2D eigenvalue weighted by molar-refractivity contribution is -0.0338. The third-order valence-corrected chi connectivity index (χ3v) is 6.89. The molecule has 0 saturated heterocycles. The molecule has 4 unspecified atom stereocenters. The van der Waals surface area contributed by atoms with Crippen molar-refractivity contribution in [1.82, 2.24) is 0 Å². The summed E-state index contributed by atoms with van der Waals surface area (Å²) in [5, 5.41) is 0. The standard InChI is InChI=1S/C20H38O/c1-5-6-7-8-17-9-11-18(12-10-17)19-13-14-20(21-4)16(3)15(19)2/h15-20H,5-14H2,1-4H3. The Hall–Kier alpha value is -0.0400. The number of hydrogen-bond donors (Lipinski definition) is 0. The maximum Gasteiger partial charge on any atom is 0.0599 e. The van der Waals surface area contributed by atoms with Gasteiger partial charge in [0.05, 0.1) is 6.10 Å². The summed E-state index contributed by atoms with van der Waals surface area (Å²) in [5.74, 6) is 4.64. The maximum atomic E-state index is 5.68. The zero-order valence-electron chi connectivity index (χ0n) is 14.9. The molecule has 0 aromatic carbocycles. The Kier molecular flexibility index (Phi) is 7.05. The first-order chi connectivity index (χ1) is 10.2. The number of rotatable bonds is 6. The first-order valence-corrected chi connectivity index (χ1v) is 9.70. The van der Waals surface area contributed by atoms with Crippen LogP contribution in [0.5, 0.6) is 0 Å². The lowest BCUT2D eigenvalue weighted by atomic mass is 9.63. The Morgan fingerprint density at radius 1 is 0.857 bits per heavy atom. The van der Waals surface area contributed by atoms with Gasteiger partial charge in [0.25, 0.3) is 0 Å². The molecule has 1 nitrogen and oxygen atoms in total. The van der Waals surface area contributed by atoms with Gasteiger partial charge in [0.2, 0.25) is 0 Å². The van der Waals surface area contributed by atoms with Crippen LogP contribution in [0.25, 0.3) is 0 Å². The van der Waals surface area contributed by atoms with Crippen LogP contribution in [0.1, 0.15) is 85.0 Å². The molecular formula is C20H38O. The van der Waals surface area contributed by atoms with E-state index in [-0.39, 0.29) is 0 Å². The molecule has 2 saturated carbocycles. The van der Waals surface area contributed by atoms with Crippen molar-refractivity contribution in [2.75, 3.05) is 7.11 Å². The molecule has 0 N–H and O–H groups in total. The summed E-state index contributed by atoms with van der Waals surface area (Å²) >= 11 is 0. The van der Waals surface area contributed by atoms with Crippen LogP contribution in [0.15, 0.2) is 0 Å². The van der Waals surface area contributed by atoms with E-state index in [1.54, 1.807) is 0 Å². The predicted octanol–water partition coefficient (Wildman–Crippen LogP) is 6.07. The highest BCUT2D eigenvalue weighted by atomic mass is 16.5. The van der Waals surface area contributed by atoms with Gasteiger partial charge in [0.15, 0.2) is 0 Å². The van der Waals surface area contributed by atoms with Gasteiger partial charge in [-0.15, -0.1) is 0 Å². The molecule has 2 aliphatic carbocycles. The zero-order chi connectivity index (χ0) is 15.2. The topological polar surface area (TPSA) is 9.23 Å². The van der Waals surface area contributed by atoms with Gasteiger partial charge in [-0.1, -0.05) is 59.3 Å². The molecule has 0 amide bonds. The maximum absolute atomic E-state index is 5.68. The monoisotopic (exact) mass is 294 g/mol. The highest BCUT2D eigenvalue weighted by Crippen LogP contribution is 2.45. The molecule has 0 radical (unpaired) electrons. The molecule has 2 aliphatic rings. The summed E-state index contributed by atoms with van der Waals surface area (Å²) in [4.78, 5) is 0. The molecule has 0 aromatic heterocycles. The van der Waals surface area contributed by atoms with Gasteiger partial charge >= 0.3 is 0 Å². The quantitative estimate of drug-likeness (QED) is 0.540. The lowest BCUT2D eigenvalue weighted by Crippen LogP contribution is -2.39. The molecule has 21 heavy (non-hydrogen) atoms. The van der Waals surface area contributed by atoms with E-state index in [1.807, 2.05) is 7.11 Å². The van der Waals surface area contributed by atoms with E-state index < -0.39 is 0 Å². The fourth-order valence-corrected chi connectivity index (χ4v) is 5.20. The van der Waals surface area contributed by atoms with Crippen LogP contribution in [-0.2, 0) is 4.74 Å². The van der Waals surface area contributed by atoms with Crippen LogP contribution in [0.3, 0.4) is 0 Å². The average molecular weight is 295 g/mol. The Morgan fingerprint density at radius 3 is 2.19 bits per heavy atom. The minimum absolute atomic E-state index is 0.515. The van der Waals surface area contributed by atoms with Crippen molar-refractivity contribution < 1.29 is 4.74 Å². The van der Waals surface area contributed by atoms with Crippen molar-refractivity contribution in [3.8, 4) is 0 Å². The van der Waals surface area contributed by atoms with E-state index in [2.05, 4.69) is 20.8 Å². The van der Waals surface area contributed by atoms with Gasteiger partial charge in [0, 0.05) is 7.11 Å². The van der Waals surface area contributed by atoms with Crippen LogP contribution >= 0.6 is 0 Å². The van der Waals surface area contributed by atoms with Crippen LogP contribution in [0.4, 0.5) is 0 Å². The smallest absolute Gasteiger partial charge is 0.0599 e. The van der Waals surface area contributed by atoms with E-state index in [9.17, 15) is 0 Å². The summed E-state index contributed by atoms with van der Waals surface area (Å²) in [5.41, 5.74) is 0. The van der Waals surface area contributed by atoms with Crippen molar-refractivity contribution in [2.45, 2.75) is 91.1 Å². The fourth-order valence-electron chi connectivity index (χ4n) is 5.20. The number of hydrogen-bond acceptors (Lipinski definition) is 1. The Balaban J connectivity index is 1.77. The first kappa shape index (κ1) is 17.3. The van der Waals surface area contributed by atoms with Gasteiger partial charge in [-0.05, 0) is 55.3 Å². The van der Waals surface area contributed by atoms with Crippen LogP contribution in [0.2, 0.25) is 0 Å². The van der Waals surface area contributed by atoms with E-state index in [1.165, 1.54) is 64.2 Å². The highest BCUT2D eigenvalue weighted by Gasteiger charge is 2.38. The molecule has 1 heteroatoms. The molecule has 124 valence electrons. The Labute approximate surface area is 133 Å². The van der Waals surface area contributed by atoms with Crippen molar-refractivity contribution in [3.05, 3.63) is 0 Å². The normalized spacial score (nSPS) is 41.1. The predicted molar refractivity (Wildman–Crippen MR) is 91.4 cm³/mol. The molecule has 0 spiro atoms. The summed E-state index contributed by atoms with van der Waals surface area (Å²) in [7, 11) is 1.90. The zero-order valence-corrected chi connectivity index (χ0v) is 14.9. The number of methoxy groups -OCH3 is 1. The van der Waals surface area contributed by atoms with Crippen LogP contribution in [0, 0.1) is 29.6 Å². The first-order valence-electron chi connectivity index (χ1n) is 9.70. The molecule has 0 bridgehead atoms. The van der Waals surface area contributed by atoms with E-state index in [4.69, 9.17) is 4.74 Å². The van der Waals surface area contributed by atoms with E-state index in [0.717, 1.165) is 29.6 Å². The Bertz CT molecular complexity index is 280. The molecular weight excluding hydrogens is 256 g/mol. The van der Waals surface area contributed by atoms with Gasteiger partial charge in [-0.25, -0.2) is 0 Å². The van der Waals surface area contributed by atoms with Crippen molar-refractivity contribution in [1.29, 1.82) is 0 Å². The second kappa shape index (κ2) is 8.56. The molecule has 4 atom stereocenters. The lowest BCUT2D eigenvalue weighted by Gasteiger charge is -2.44. The van der Waals surface area contributed by atoms with E-state index in [0.29, 0.717) is 6.10 Å². The van der Waals surface area contributed by atoms with Gasteiger partial charge in [-0.3, -0.25) is 0 Å². The van der Waals surface area contributed by atoms with Crippen molar-refractivity contribution >= 4 is 0 Å². The van der Waals surface area contributed by atoms with Gasteiger partial charge in [-0.2, -0.15) is 0 Å². The summed E-state index contributed by atoms with van der Waals surface area (Å²) in [6, 6.07) is 0. The molecule has 0 aliphatic heterocycles. The summed E-state index contributed by atoms with van der Waals surface area (Å²) in [6.07, 6.45) is 15.1. The minimum atomic E-state index is 0.515. The minimum Gasteiger partial charge on any atom is -0.381 e. The Morgan fingerprint density at radius 2 is 1.57 bits per heavy atom. The third kappa shape index (κ3) is 4.47. The second-order valence-corrected chi connectivity index (χ2v) is 8.01. The SMILES string of the molecule is CCCCCC1CCC(C2CCC(OC)C(C)C2C)CC1. The summed E-state index contributed by atoms with van der Waals surface area (Å²) in [6.45, 7) is 7.23. The summed E-state index contributed by atoms with van der Waals surface area (Å²) < 4.78 is 5.68. The average Bonchev–Trinajstić information content (AvgIpc) is 2.51. The third-order valence-electron chi connectivity index (χ3n) is 6.89. The molecule has 2 rings (SSSR count). The number of ether oxygens (including phenoxy) is 1. The van der Waals surface area contributed by atoms with Gasteiger partial charge < -0.3 is 4.74 Å². The molecule has 0 heterocycles. The second-order valence-electron chi connectivity index (χ2n) is 8.01. The van der Waals surface area contributed by atoms with Crippen LogP contribution in [-0.4, -0.2) is 13.2 Å². The fraction of sp³-hybridized carbons (Fsp3) is 1.00. The molecule has 2 fully saturated rings. The number of unbranched alkanes of at least 4 members (excludes halogenated alkanes) is 2. The van der Waals surface area contributed by atoms with E-state index >= 15 is 0 Å². The van der Waals surface area contributed by atoms with Gasteiger partial charge in [0.1, 0.15) is 0 Å². The van der Waals surface area contributed by atoms with Crippen LogP contribution < -0.4 is 0 Å². The highest BCUT2D eigenvalue weighted by molar-refractivity contribution is 4.89.